The van der Waals surface area contributed by atoms with Crippen LogP contribution in [0.15, 0.2) is 70.5 Å². The quantitative estimate of drug-likeness (QED) is 0.0510. The predicted octanol–water partition coefficient (Wildman–Crippen LogP) is 6.58. The Balaban J connectivity index is -0.000000405. The first-order chi connectivity index (χ1) is 31.3. The van der Waals surface area contributed by atoms with E-state index in [1.54, 1.807) is 39.2 Å². The average molecular weight is 1160 g/mol. The number of alkyl halides is 5. The first kappa shape index (κ1) is 71.4. The fourth-order valence-electron chi connectivity index (χ4n) is 5.02. The third kappa shape index (κ3) is 35.1. The van der Waals surface area contributed by atoms with Crippen LogP contribution in [0.3, 0.4) is 0 Å². The monoisotopic (exact) mass is 1160 g/mol. The number of hydrogen-bond acceptors (Lipinski definition) is 15. The van der Waals surface area contributed by atoms with Crippen molar-refractivity contribution in [3.8, 4) is 23.3 Å². The van der Waals surface area contributed by atoms with Crippen LogP contribution in [0.4, 0.5) is 0 Å². The van der Waals surface area contributed by atoms with Crippen molar-refractivity contribution in [1.82, 2.24) is 22.1 Å². The van der Waals surface area contributed by atoms with Gasteiger partial charge in [0.25, 0.3) is 9.05 Å². The van der Waals surface area contributed by atoms with Gasteiger partial charge in [0, 0.05) is 35.7 Å². The zero-order chi connectivity index (χ0) is 52.3. The van der Waals surface area contributed by atoms with Crippen LogP contribution in [0, 0.1) is 11.3 Å². The molecule has 1 unspecified atom stereocenters. The number of carbonyl (C=O) groups excluding carboxylic acids is 3. The summed E-state index contributed by atoms with van der Waals surface area (Å²) >= 11 is 27.4. The number of hydrogen-bond donors (Lipinski definition) is 5. The van der Waals surface area contributed by atoms with Crippen molar-refractivity contribution < 1.29 is 57.9 Å². The number of nitrogens with two attached hydrogens (primary N) is 1. The molecule has 4 atom stereocenters. The van der Waals surface area contributed by atoms with E-state index in [0.29, 0.717) is 18.4 Å². The van der Waals surface area contributed by atoms with Crippen molar-refractivity contribution in [1.29, 1.82) is 5.26 Å². The van der Waals surface area contributed by atoms with Gasteiger partial charge in [-0.25, -0.2) is 26.2 Å². The number of primary sulfonamides is 1. The zero-order valence-corrected chi connectivity index (χ0v) is 45.6. The van der Waals surface area contributed by atoms with Crippen molar-refractivity contribution in [2.75, 3.05) is 44.3 Å². The number of benzene rings is 3. The normalized spacial score (nSPS) is 11.8. The van der Waals surface area contributed by atoms with Crippen LogP contribution < -0.4 is 41.5 Å². The number of nitrogens with zero attached hydrogens (tertiary/aromatic N) is 1. The van der Waals surface area contributed by atoms with Crippen molar-refractivity contribution in [2.24, 2.45) is 5.14 Å². The highest BCUT2D eigenvalue weighted by atomic mass is 35.7. The minimum absolute atomic E-state index is 0. The van der Waals surface area contributed by atoms with Crippen LogP contribution >= 0.6 is 80.6 Å². The summed E-state index contributed by atoms with van der Waals surface area (Å²) in [4.78, 5) is 33.2. The minimum Gasteiger partial charge on any atom is -0.749 e. The van der Waals surface area contributed by atoms with Gasteiger partial charge in [-0.15, -0.1) is 58.0 Å². The van der Waals surface area contributed by atoms with Gasteiger partial charge < -0.3 is 40.9 Å². The first-order valence-electron chi connectivity index (χ1n) is 18.6. The molecule has 0 spiro atoms. The molecule has 29 heteroatoms. The molecule has 0 bridgehead atoms. The Hall–Kier alpha value is -3.12. The summed E-state index contributed by atoms with van der Waals surface area (Å²) in [7, 11) is 1.98. The molecular weight excluding hydrogens is 1100 g/mol. The van der Waals surface area contributed by atoms with Crippen molar-refractivity contribution in [3.63, 3.8) is 0 Å². The van der Waals surface area contributed by atoms with E-state index in [1.807, 2.05) is 31.2 Å². The second-order valence-electron chi connectivity index (χ2n) is 12.8. The number of ether oxygens (including phenoxy) is 3. The van der Waals surface area contributed by atoms with Gasteiger partial charge in [0.15, 0.2) is 0 Å². The highest BCUT2D eigenvalue weighted by Gasteiger charge is 2.19. The van der Waals surface area contributed by atoms with Gasteiger partial charge in [0.1, 0.15) is 56.0 Å². The maximum atomic E-state index is 11.5. The number of nitriles is 1. The third-order valence-corrected chi connectivity index (χ3v) is 10.9. The van der Waals surface area contributed by atoms with E-state index in [0.717, 1.165) is 23.3 Å². The van der Waals surface area contributed by atoms with Crippen LogP contribution in [-0.4, -0.2) is 106 Å². The second kappa shape index (κ2) is 40.6. The topological polar surface area (TPSA) is 317 Å². The largest absolute Gasteiger partial charge is 0.749 e. The summed E-state index contributed by atoms with van der Waals surface area (Å²) in [6.45, 7) is 6.98. The molecule has 0 saturated carbocycles. The van der Waals surface area contributed by atoms with E-state index in [-0.39, 0.29) is 86.3 Å². The lowest BCUT2D eigenvalue weighted by Crippen LogP contribution is -2.34. The summed E-state index contributed by atoms with van der Waals surface area (Å²) in [5.41, 5.74) is 2.59. The van der Waals surface area contributed by atoms with Gasteiger partial charge in [-0.3, -0.25) is 14.4 Å². The molecule has 388 valence electrons. The summed E-state index contributed by atoms with van der Waals surface area (Å²) in [6.07, 6.45) is 1.69. The Kier molecular flexibility index (Phi) is 42.6. The molecule has 3 amide bonds. The summed E-state index contributed by atoms with van der Waals surface area (Å²) in [6, 6.07) is 18.6. The maximum absolute atomic E-state index is 11.5. The number of nitrogens with one attached hydrogen (secondary N) is 3. The zero-order valence-electron chi connectivity index (χ0n) is 37.9. The summed E-state index contributed by atoms with van der Waals surface area (Å²) in [5, 5.41) is 20.8. The molecule has 68 heavy (non-hydrogen) atoms. The second-order valence-corrected chi connectivity index (χ2v) is 19.4. The van der Waals surface area contributed by atoms with E-state index in [2.05, 4.69) is 31.6 Å². The molecule has 19 nitrogen and oxygen atoms in total. The summed E-state index contributed by atoms with van der Waals surface area (Å²) < 4.78 is 82.1. The fraction of sp³-hybridized carbons (Fsp3) is 0.436. The van der Waals surface area contributed by atoms with E-state index >= 15 is 0 Å². The third-order valence-electron chi connectivity index (χ3n) is 7.45. The Bertz CT molecular complexity index is 2110. The molecule has 0 saturated heterocycles. The van der Waals surface area contributed by atoms with Crippen LogP contribution in [-0.2, 0) is 67.8 Å². The van der Waals surface area contributed by atoms with Gasteiger partial charge in [-0.1, -0.05) is 24.3 Å². The van der Waals surface area contributed by atoms with E-state index < -0.39 is 30.4 Å². The number of halogens is 7. The number of amides is 3. The molecule has 3 aromatic rings. The van der Waals surface area contributed by atoms with E-state index in [1.165, 1.54) is 45.4 Å². The lowest BCUT2D eigenvalue weighted by molar-refractivity contribution is -0.120. The Morgan fingerprint density at radius 2 is 0.985 bits per heavy atom. The van der Waals surface area contributed by atoms with Gasteiger partial charge >= 0.3 is 0 Å². The van der Waals surface area contributed by atoms with Crippen LogP contribution in [0.25, 0.3) is 0 Å². The van der Waals surface area contributed by atoms with Gasteiger partial charge in [0.05, 0.1) is 44.6 Å². The molecule has 8 N–H and O–H groups in total. The number of carbonyl (C=O) groups is 3. The average Bonchev–Trinajstić information content (AvgIpc) is 3.26. The number of sulfonamides is 1. The Labute approximate surface area is 435 Å². The molecule has 0 heterocycles. The Morgan fingerprint density at radius 3 is 1.25 bits per heavy atom. The smallest absolute Gasteiger partial charge is 0.264 e. The fourth-order valence-corrected chi connectivity index (χ4v) is 7.05. The lowest BCUT2D eigenvalue weighted by Gasteiger charge is -2.14. The molecule has 0 aliphatic heterocycles. The number of rotatable bonds is 18. The molecular formula is C39H56Cl7N6O13S3-. The van der Waals surface area contributed by atoms with Gasteiger partial charge in [-0.05, 0) is 93.1 Å². The van der Waals surface area contributed by atoms with Crippen LogP contribution in [0.1, 0.15) is 44.4 Å². The van der Waals surface area contributed by atoms with E-state index in [4.69, 9.17) is 102 Å². The van der Waals surface area contributed by atoms with E-state index in [9.17, 15) is 31.2 Å². The SMILES string of the molecule is CC#N.COc1ccc(C[C@@H](C)NC(=O)CCl)cc1.COc1ccc(C[C@@H](C)NC(=O)CCl)cc1S(=O)(=O)Cl.COc1ccc(C[C@@H](C)NC(=O)CCl)cc1S(N)(=O)=O.ClCCl.N.O=S([O-])OCl. The first-order valence-corrected chi connectivity index (χ1v) is 26.5. The Morgan fingerprint density at radius 1 is 0.691 bits per heavy atom. The molecule has 3 aromatic carbocycles. The molecule has 0 radical (unpaired) electrons. The molecule has 0 fully saturated rings. The van der Waals surface area contributed by atoms with Crippen LogP contribution in [0.2, 0.25) is 0 Å². The number of methoxy groups -OCH3 is 3. The highest BCUT2D eigenvalue weighted by molar-refractivity contribution is 8.13. The molecule has 3 rings (SSSR count). The highest BCUT2D eigenvalue weighted by Crippen LogP contribution is 2.28. The standard InChI is InChI=1S/C12H15Cl2NO4S.C12H17ClN2O4S.C12H16ClNO2.C2H3N.CH2Cl2.ClHO3S.H3N/c2*1-8(15-12(16)7-13)5-9-3-4-10(19-2)11(6-9)20(14,17)18;1-9(14-12(15)8-13)7-10-3-5-11(16-2)6-4-10;1-2-3;2-1-3;1-4-5(2)3;/h3-4,6,8H,5,7H2,1-2H3,(H,15,16);3-4,6,8H,5,7H2,1-2H3,(H,15,16)(H2,14,17,18);3-6,9H,7-8H2,1-2H3,(H,14,15);1H3;1H2;(H,2,3);1H3/p-1/t2*8-;9-;;;;/m111..../s1. The van der Waals surface area contributed by atoms with Crippen molar-refractivity contribution in [2.45, 2.75) is 74.9 Å². The predicted molar refractivity (Wildman–Crippen MR) is 268 cm³/mol. The molecule has 0 aromatic heterocycles. The lowest BCUT2D eigenvalue weighted by atomic mass is 10.1. The van der Waals surface area contributed by atoms with Crippen molar-refractivity contribution in [3.05, 3.63) is 77.4 Å². The van der Waals surface area contributed by atoms with Gasteiger partial charge in [0.2, 0.25) is 27.7 Å². The maximum Gasteiger partial charge on any atom is 0.264 e. The molecule has 0 aliphatic rings. The minimum atomic E-state index is -3.89. The van der Waals surface area contributed by atoms with Gasteiger partial charge in [-0.2, -0.15) is 9.00 Å². The van der Waals surface area contributed by atoms with Crippen LogP contribution in [0.5, 0.6) is 17.2 Å². The molecule has 0 aliphatic carbocycles. The summed E-state index contributed by atoms with van der Waals surface area (Å²) in [5.74, 6) is 0.285. The van der Waals surface area contributed by atoms with Crippen molar-refractivity contribution >= 4 is 129 Å².